The summed E-state index contributed by atoms with van der Waals surface area (Å²) >= 11 is 1.56. The molecule has 9 nitrogen and oxygen atoms in total. The molecule has 4 rings (SSSR count). The van der Waals surface area contributed by atoms with Crippen LogP contribution in [0.1, 0.15) is 31.6 Å². The van der Waals surface area contributed by atoms with Gasteiger partial charge in [0.2, 0.25) is 17.6 Å². The summed E-state index contributed by atoms with van der Waals surface area (Å²) < 4.78 is 41.2. The fraction of sp³-hybridized carbons (Fsp3) is 0.409. The standard InChI is InChI=1S/C22H25N3O6S2/c26-20(9-14-33(27,28)16-7-8-17-18(15-16)30-12-11-29-17)23-10-3-1-2-6-21-24-22(25-31-21)19-5-4-13-32-19/h4-5,7-8,13,15H,1-3,6,9-12,14H2,(H,23,26). The van der Waals surface area contributed by atoms with Gasteiger partial charge in [0, 0.05) is 25.5 Å². The molecular weight excluding hydrogens is 466 g/mol. The number of nitrogens with one attached hydrogen (secondary N) is 1. The second-order valence-corrected chi connectivity index (χ2v) is 10.6. The van der Waals surface area contributed by atoms with Crippen molar-refractivity contribution in [3.05, 3.63) is 41.6 Å². The Balaban J connectivity index is 1.12. The number of unbranched alkanes of at least 4 members (excludes halogenated alkanes) is 2. The first-order valence-electron chi connectivity index (χ1n) is 10.8. The Kier molecular flexibility index (Phi) is 7.61. The summed E-state index contributed by atoms with van der Waals surface area (Å²) in [4.78, 5) is 17.6. The molecular formula is C22H25N3O6S2. The molecule has 1 aromatic carbocycles. The van der Waals surface area contributed by atoms with Gasteiger partial charge in [-0.1, -0.05) is 17.6 Å². The monoisotopic (exact) mass is 491 g/mol. The molecule has 1 aliphatic heterocycles. The normalized spacial score (nSPS) is 13.1. The van der Waals surface area contributed by atoms with Crippen LogP contribution < -0.4 is 14.8 Å². The number of hydrogen-bond donors (Lipinski definition) is 1. The smallest absolute Gasteiger partial charge is 0.226 e. The van der Waals surface area contributed by atoms with Crippen LogP contribution in [-0.2, 0) is 21.1 Å². The molecule has 0 radical (unpaired) electrons. The van der Waals surface area contributed by atoms with Gasteiger partial charge in [-0.05, 0) is 36.4 Å². The highest BCUT2D eigenvalue weighted by Gasteiger charge is 2.20. The first kappa shape index (κ1) is 23.2. The number of carbonyl (C=O) groups excluding carboxylic acids is 1. The van der Waals surface area contributed by atoms with Gasteiger partial charge in [-0.2, -0.15) is 4.98 Å². The lowest BCUT2D eigenvalue weighted by Crippen LogP contribution is -2.26. The molecule has 3 aromatic rings. The molecule has 0 spiro atoms. The predicted octanol–water partition coefficient (Wildman–Crippen LogP) is 3.26. The van der Waals surface area contributed by atoms with E-state index in [1.807, 2.05) is 17.5 Å². The summed E-state index contributed by atoms with van der Waals surface area (Å²) in [5.74, 6) is 1.61. The number of fused-ring (bicyclic) bond motifs is 1. The fourth-order valence-electron chi connectivity index (χ4n) is 3.32. The van der Waals surface area contributed by atoms with Gasteiger partial charge >= 0.3 is 0 Å². The molecule has 0 saturated heterocycles. The first-order chi connectivity index (χ1) is 16.0. The minimum absolute atomic E-state index is 0.0930. The number of hydrogen-bond acceptors (Lipinski definition) is 9. The van der Waals surface area contributed by atoms with Gasteiger partial charge in [0.25, 0.3) is 0 Å². The van der Waals surface area contributed by atoms with Crippen LogP contribution in [0, 0.1) is 0 Å². The van der Waals surface area contributed by atoms with E-state index in [4.69, 9.17) is 14.0 Å². The third-order valence-electron chi connectivity index (χ3n) is 5.07. The fourth-order valence-corrected chi connectivity index (χ4v) is 5.22. The average molecular weight is 492 g/mol. The van der Waals surface area contributed by atoms with Gasteiger partial charge in [0.1, 0.15) is 13.2 Å². The topological polar surface area (TPSA) is 121 Å². The Morgan fingerprint density at radius 1 is 1.09 bits per heavy atom. The van der Waals surface area contributed by atoms with Crippen molar-refractivity contribution in [3.8, 4) is 22.2 Å². The van der Waals surface area contributed by atoms with Gasteiger partial charge in [-0.15, -0.1) is 11.3 Å². The summed E-state index contributed by atoms with van der Waals surface area (Å²) in [5.41, 5.74) is 0. The Morgan fingerprint density at radius 3 is 2.76 bits per heavy atom. The summed E-state index contributed by atoms with van der Waals surface area (Å²) in [7, 11) is -3.59. The maximum absolute atomic E-state index is 12.6. The maximum atomic E-state index is 12.6. The number of ether oxygens (including phenoxy) is 2. The van der Waals surface area contributed by atoms with Gasteiger partial charge < -0.3 is 19.3 Å². The van der Waals surface area contributed by atoms with Crippen molar-refractivity contribution in [2.75, 3.05) is 25.5 Å². The minimum atomic E-state index is -3.59. The van der Waals surface area contributed by atoms with Crippen LogP contribution in [0.5, 0.6) is 11.5 Å². The molecule has 0 saturated carbocycles. The lowest BCUT2D eigenvalue weighted by Gasteiger charge is -2.18. The molecule has 0 unspecified atom stereocenters. The summed E-state index contributed by atoms with van der Waals surface area (Å²) in [6.07, 6.45) is 3.11. The molecule has 2 aromatic heterocycles. The Bertz CT molecular complexity index is 1170. The van der Waals surface area contributed by atoms with Gasteiger partial charge in [-0.25, -0.2) is 8.42 Å². The van der Waals surface area contributed by atoms with E-state index in [0.717, 1.165) is 24.1 Å². The van der Waals surface area contributed by atoms with Crippen molar-refractivity contribution >= 4 is 27.1 Å². The van der Waals surface area contributed by atoms with Crippen molar-refractivity contribution in [1.82, 2.24) is 15.5 Å². The molecule has 0 atom stereocenters. The Hall–Kier alpha value is -2.92. The molecule has 3 heterocycles. The van der Waals surface area contributed by atoms with Crippen LogP contribution in [0.15, 0.2) is 45.1 Å². The van der Waals surface area contributed by atoms with E-state index in [1.165, 1.54) is 12.1 Å². The van der Waals surface area contributed by atoms with E-state index in [-0.39, 0.29) is 23.0 Å². The van der Waals surface area contributed by atoms with E-state index in [1.54, 1.807) is 17.4 Å². The quantitative estimate of drug-likeness (QED) is 0.406. The van der Waals surface area contributed by atoms with Crippen LogP contribution in [0.4, 0.5) is 0 Å². The summed E-state index contributed by atoms with van der Waals surface area (Å²) in [5, 5.41) is 8.73. The van der Waals surface area contributed by atoms with Crippen molar-refractivity contribution in [2.24, 2.45) is 0 Å². The molecule has 0 bridgehead atoms. The van der Waals surface area contributed by atoms with Crippen LogP contribution in [0.25, 0.3) is 10.7 Å². The number of benzene rings is 1. The number of aromatic nitrogens is 2. The lowest BCUT2D eigenvalue weighted by atomic mass is 10.2. The van der Waals surface area contributed by atoms with Crippen LogP contribution in [0.2, 0.25) is 0 Å². The van der Waals surface area contributed by atoms with Gasteiger partial charge in [-0.3, -0.25) is 4.79 Å². The molecule has 11 heteroatoms. The number of sulfone groups is 1. The third kappa shape index (κ3) is 6.32. The Morgan fingerprint density at radius 2 is 1.94 bits per heavy atom. The van der Waals surface area contributed by atoms with Crippen LogP contribution in [-0.4, -0.2) is 50.0 Å². The zero-order chi connectivity index (χ0) is 23.1. The average Bonchev–Trinajstić information content (AvgIpc) is 3.52. The number of rotatable bonds is 11. The summed E-state index contributed by atoms with van der Waals surface area (Å²) in [6, 6.07) is 8.41. The maximum Gasteiger partial charge on any atom is 0.226 e. The van der Waals surface area contributed by atoms with E-state index in [9.17, 15) is 13.2 Å². The van der Waals surface area contributed by atoms with Crippen molar-refractivity contribution < 1.29 is 27.2 Å². The highest BCUT2D eigenvalue weighted by Crippen LogP contribution is 2.32. The van der Waals surface area contributed by atoms with E-state index in [0.29, 0.717) is 49.4 Å². The highest BCUT2D eigenvalue weighted by atomic mass is 32.2. The number of carbonyl (C=O) groups is 1. The number of thiophene rings is 1. The third-order valence-corrected chi connectivity index (χ3v) is 7.65. The number of amides is 1. The second-order valence-electron chi connectivity index (χ2n) is 7.52. The molecule has 33 heavy (non-hydrogen) atoms. The van der Waals surface area contributed by atoms with E-state index < -0.39 is 9.84 Å². The molecule has 1 aliphatic rings. The van der Waals surface area contributed by atoms with Crippen molar-refractivity contribution in [1.29, 1.82) is 0 Å². The SMILES string of the molecule is O=C(CCS(=O)(=O)c1ccc2c(c1)OCCO2)NCCCCCc1nc(-c2cccs2)no1. The van der Waals surface area contributed by atoms with E-state index >= 15 is 0 Å². The first-order valence-corrected chi connectivity index (χ1v) is 13.3. The zero-order valence-electron chi connectivity index (χ0n) is 18.0. The van der Waals surface area contributed by atoms with Crippen LogP contribution in [0.3, 0.4) is 0 Å². The van der Waals surface area contributed by atoms with Gasteiger partial charge in [0.05, 0.1) is 15.5 Å². The molecule has 1 N–H and O–H groups in total. The van der Waals surface area contributed by atoms with Crippen molar-refractivity contribution in [2.45, 2.75) is 37.0 Å². The summed E-state index contributed by atoms with van der Waals surface area (Å²) in [6.45, 7) is 1.31. The zero-order valence-corrected chi connectivity index (χ0v) is 19.6. The predicted molar refractivity (Wildman–Crippen MR) is 122 cm³/mol. The Labute approximate surface area is 196 Å². The molecule has 0 fully saturated rings. The highest BCUT2D eigenvalue weighted by molar-refractivity contribution is 7.91. The van der Waals surface area contributed by atoms with Gasteiger partial charge in [0.15, 0.2) is 21.3 Å². The number of nitrogens with zero attached hydrogens (tertiary/aromatic N) is 2. The molecule has 1 amide bonds. The van der Waals surface area contributed by atoms with Crippen LogP contribution >= 0.6 is 11.3 Å². The molecule has 176 valence electrons. The minimum Gasteiger partial charge on any atom is -0.486 e. The van der Waals surface area contributed by atoms with Crippen molar-refractivity contribution in [3.63, 3.8) is 0 Å². The molecule has 0 aliphatic carbocycles. The lowest BCUT2D eigenvalue weighted by molar-refractivity contribution is -0.120. The van der Waals surface area contributed by atoms with E-state index in [2.05, 4.69) is 15.5 Å². The largest absolute Gasteiger partial charge is 0.486 e. The number of aryl methyl sites for hydroxylation is 1. The second kappa shape index (κ2) is 10.8.